The van der Waals surface area contributed by atoms with Crippen molar-refractivity contribution in [3.8, 4) is 0 Å². The molecule has 0 saturated carbocycles. The molecule has 5 nitrogen and oxygen atoms in total. The van der Waals surface area contributed by atoms with Crippen LogP contribution in [0.2, 0.25) is 5.02 Å². The van der Waals surface area contributed by atoms with Crippen molar-refractivity contribution >= 4 is 34.5 Å². The zero-order valence-electron chi connectivity index (χ0n) is 12.0. The molecule has 112 valence electrons. The van der Waals surface area contributed by atoms with Gasteiger partial charge in [-0.2, -0.15) is 0 Å². The van der Waals surface area contributed by atoms with Gasteiger partial charge >= 0.3 is 0 Å². The van der Waals surface area contributed by atoms with Crippen molar-refractivity contribution in [2.75, 3.05) is 5.32 Å². The predicted octanol–water partition coefficient (Wildman–Crippen LogP) is 2.94. The number of nitrogens with two attached hydrogens (primary N) is 1. The number of halogens is 1. The molecule has 6 heteroatoms. The highest BCUT2D eigenvalue weighted by Crippen LogP contribution is 2.22. The van der Waals surface area contributed by atoms with Crippen molar-refractivity contribution in [1.82, 2.24) is 9.55 Å². The van der Waals surface area contributed by atoms with Crippen LogP contribution >= 0.6 is 11.6 Å². The summed E-state index contributed by atoms with van der Waals surface area (Å²) in [6.07, 6.45) is 0. The van der Waals surface area contributed by atoms with Crippen LogP contribution in [0, 0.1) is 0 Å². The molecule has 2 aromatic carbocycles. The number of rotatable bonds is 4. The van der Waals surface area contributed by atoms with Gasteiger partial charge in [0.15, 0.2) is 0 Å². The van der Waals surface area contributed by atoms with Crippen LogP contribution in [0.15, 0.2) is 42.5 Å². The lowest BCUT2D eigenvalue weighted by molar-refractivity contribution is 0.100. The molecule has 0 bridgehead atoms. The maximum absolute atomic E-state index is 11.0. The molecule has 0 saturated heterocycles. The maximum atomic E-state index is 11.0. The molecule has 3 N–H and O–H groups in total. The first-order valence-electron chi connectivity index (χ1n) is 6.79. The molecule has 0 spiro atoms. The molecule has 0 radical (unpaired) electrons. The Balaban J connectivity index is 1.78. The fraction of sp³-hybridized carbons (Fsp3) is 0.125. The molecule has 22 heavy (non-hydrogen) atoms. The van der Waals surface area contributed by atoms with Crippen LogP contribution in [0.4, 0.5) is 5.95 Å². The van der Waals surface area contributed by atoms with E-state index in [0.29, 0.717) is 17.1 Å². The Hall–Kier alpha value is -2.53. The summed E-state index contributed by atoms with van der Waals surface area (Å²) in [6, 6.07) is 12.8. The van der Waals surface area contributed by atoms with Gasteiger partial charge in [0.25, 0.3) is 0 Å². The summed E-state index contributed by atoms with van der Waals surface area (Å²) < 4.78 is 1.98. The fourth-order valence-corrected chi connectivity index (χ4v) is 2.47. The first-order valence-corrected chi connectivity index (χ1v) is 7.17. The highest BCUT2D eigenvalue weighted by molar-refractivity contribution is 6.31. The van der Waals surface area contributed by atoms with E-state index < -0.39 is 5.91 Å². The SMILES string of the molecule is Cn1c(NCc2ccc(C(N)=O)cc2)nc2cc(Cl)ccc21. The van der Waals surface area contributed by atoms with Crippen LogP contribution in [-0.2, 0) is 13.6 Å². The minimum atomic E-state index is -0.424. The van der Waals surface area contributed by atoms with Gasteiger partial charge in [-0.15, -0.1) is 0 Å². The summed E-state index contributed by atoms with van der Waals surface area (Å²) in [5.41, 5.74) is 8.62. The van der Waals surface area contributed by atoms with Crippen molar-refractivity contribution < 1.29 is 4.79 Å². The minimum absolute atomic E-state index is 0.424. The third kappa shape index (κ3) is 2.76. The Kier molecular flexibility index (Phi) is 3.73. The molecule has 0 atom stereocenters. The molecule has 1 aromatic heterocycles. The first-order chi connectivity index (χ1) is 10.5. The average Bonchev–Trinajstić information content (AvgIpc) is 2.81. The molecule has 0 aliphatic heterocycles. The van der Waals surface area contributed by atoms with E-state index in [1.807, 2.05) is 41.9 Å². The largest absolute Gasteiger partial charge is 0.366 e. The molecule has 1 amide bonds. The van der Waals surface area contributed by atoms with Crippen molar-refractivity contribution in [2.45, 2.75) is 6.54 Å². The smallest absolute Gasteiger partial charge is 0.248 e. The maximum Gasteiger partial charge on any atom is 0.248 e. The highest BCUT2D eigenvalue weighted by Gasteiger charge is 2.08. The monoisotopic (exact) mass is 314 g/mol. The Bertz CT molecular complexity index is 839. The second-order valence-electron chi connectivity index (χ2n) is 5.04. The second-order valence-corrected chi connectivity index (χ2v) is 5.48. The molecule has 1 heterocycles. The molecule has 3 rings (SSSR count). The number of nitrogens with one attached hydrogen (secondary N) is 1. The van der Waals surface area contributed by atoms with Crippen LogP contribution in [-0.4, -0.2) is 15.5 Å². The minimum Gasteiger partial charge on any atom is -0.366 e. The Morgan fingerprint density at radius 2 is 2.00 bits per heavy atom. The fourth-order valence-electron chi connectivity index (χ4n) is 2.30. The van der Waals surface area contributed by atoms with E-state index in [4.69, 9.17) is 17.3 Å². The van der Waals surface area contributed by atoms with Gasteiger partial charge in [-0.05, 0) is 35.9 Å². The topological polar surface area (TPSA) is 72.9 Å². The number of nitrogens with zero attached hydrogens (tertiary/aromatic N) is 2. The van der Waals surface area contributed by atoms with Crippen LogP contribution in [0.5, 0.6) is 0 Å². The third-order valence-corrected chi connectivity index (χ3v) is 3.77. The number of aryl methyl sites for hydroxylation is 1. The summed E-state index contributed by atoms with van der Waals surface area (Å²) in [5.74, 6) is 0.336. The Labute approximate surface area is 132 Å². The summed E-state index contributed by atoms with van der Waals surface area (Å²) in [5, 5.41) is 3.95. The standard InChI is InChI=1S/C16H15ClN4O/c1-21-14-7-6-12(17)8-13(14)20-16(21)19-9-10-2-4-11(5-3-10)15(18)22/h2-8H,9H2,1H3,(H2,18,22)(H,19,20). The normalized spacial score (nSPS) is 10.8. The number of hydrogen-bond acceptors (Lipinski definition) is 3. The Morgan fingerprint density at radius 3 is 2.68 bits per heavy atom. The summed E-state index contributed by atoms with van der Waals surface area (Å²) >= 11 is 5.99. The number of primary amides is 1. The zero-order chi connectivity index (χ0) is 15.7. The average molecular weight is 315 g/mol. The van der Waals surface area contributed by atoms with Crippen molar-refractivity contribution in [1.29, 1.82) is 0 Å². The molecular formula is C16H15ClN4O. The van der Waals surface area contributed by atoms with Crippen LogP contribution in [0.25, 0.3) is 11.0 Å². The second kappa shape index (κ2) is 5.69. The molecule has 0 aliphatic carbocycles. The van der Waals surface area contributed by atoms with Gasteiger partial charge in [-0.3, -0.25) is 4.79 Å². The molecule has 0 aliphatic rings. The predicted molar refractivity (Wildman–Crippen MR) is 88.0 cm³/mol. The van der Waals surface area contributed by atoms with E-state index in [1.165, 1.54) is 0 Å². The van der Waals surface area contributed by atoms with Gasteiger partial charge in [-0.25, -0.2) is 4.98 Å². The number of carbonyl (C=O) groups excluding carboxylic acids is 1. The summed E-state index contributed by atoms with van der Waals surface area (Å²) in [7, 11) is 1.95. The lowest BCUT2D eigenvalue weighted by Crippen LogP contribution is -2.11. The van der Waals surface area contributed by atoms with Gasteiger partial charge in [-0.1, -0.05) is 23.7 Å². The third-order valence-electron chi connectivity index (χ3n) is 3.53. The number of imidazole rings is 1. The Morgan fingerprint density at radius 1 is 1.27 bits per heavy atom. The number of amides is 1. The highest BCUT2D eigenvalue weighted by atomic mass is 35.5. The van der Waals surface area contributed by atoms with E-state index in [1.54, 1.807) is 12.1 Å². The van der Waals surface area contributed by atoms with Crippen molar-refractivity contribution in [2.24, 2.45) is 12.8 Å². The summed E-state index contributed by atoms with van der Waals surface area (Å²) in [4.78, 5) is 15.6. The van der Waals surface area contributed by atoms with Gasteiger partial charge in [0, 0.05) is 24.2 Å². The van der Waals surface area contributed by atoms with E-state index in [0.717, 1.165) is 22.5 Å². The van der Waals surface area contributed by atoms with E-state index in [2.05, 4.69) is 10.3 Å². The number of hydrogen-bond donors (Lipinski definition) is 2. The molecule has 0 fully saturated rings. The zero-order valence-corrected chi connectivity index (χ0v) is 12.8. The van der Waals surface area contributed by atoms with Crippen LogP contribution in [0.1, 0.15) is 15.9 Å². The molecular weight excluding hydrogens is 300 g/mol. The van der Waals surface area contributed by atoms with Gasteiger partial charge in [0.05, 0.1) is 11.0 Å². The number of anilines is 1. The van der Waals surface area contributed by atoms with Crippen LogP contribution < -0.4 is 11.1 Å². The van der Waals surface area contributed by atoms with E-state index in [9.17, 15) is 4.79 Å². The lowest BCUT2D eigenvalue weighted by atomic mass is 10.1. The van der Waals surface area contributed by atoms with Gasteiger partial charge < -0.3 is 15.6 Å². The van der Waals surface area contributed by atoms with E-state index >= 15 is 0 Å². The van der Waals surface area contributed by atoms with Crippen molar-refractivity contribution in [3.63, 3.8) is 0 Å². The number of carbonyl (C=O) groups is 1. The van der Waals surface area contributed by atoms with E-state index in [-0.39, 0.29) is 0 Å². The number of aromatic nitrogens is 2. The molecule has 3 aromatic rings. The van der Waals surface area contributed by atoms with Crippen molar-refractivity contribution in [3.05, 3.63) is 58.6 Å². The lowest BCUT2D eigenvalue weighted by Gasteiger charge is -2.06. The number of benzene rings is 2. The number of fused-ring (bicyclic) bond motifs is 1. The quantitative estimate of drug-likeness (QED) is 0.777. The molecule has 0 unspecified atom stereocenters. The summed E-state index contributed by atoms with van der Waals surface area (Å²) in [6.45, 7) is 0.601. The van der Waals surface area contributed by atoms with Crippen LogP contribution in [0.3, 0.4) is 0 Å². The van der Waals surface area contributed by atoms with Gasteiger partial charge in [0.2, 0.25) is 11.9 Å². The van der Waals surface area contributed by atoms with Gasteiger partial charge in [0.1, 0.15) is 0 Å². The first kappa shape index (κ1) is 14.4.